The lowest BCUT2D eigenvalue weighted by molar-refractivity contribution is -0.152. The predicted octanol–water partition coefficient (Wildman–Crippen LogP) is 2.58. The second-order valence-corrected chi connectivity index (χ2v) is 7.55. The number of hydrogen-bond acceptors (Lipinski definition) is 4. The first-order valence-electron chi connectivity index (χ1n) is 8.95. The molecule has 0 spiro atoms. The second-order valence-electron chi connectivity index (χ2n) is 7.55. The number of benzene rings is 1. The number of aromatic nitrogens is 3. The molecule has 1 saturated carbocycles. The van der Waals surface area contributed by atoms with Gasteiger partial charge in [0.05, 0.1) is 12.0 Å². The molecule has 2 aliphatic rings. The minimum absolute atomic E-state index is 0.184. The summed E-state index contributed by atoms with van der Waals surface area (Å²) in [6.45, 7) is 3.90. The zero-order valence-electron chi connectivity index (χ0n) is 14.5. The zero-order chi connectivity index (χ0) is 17.4. The number of aliphatic carboxylic acids is 1. The molecule has 4 rings (SSSR count). The van der Waals surface area contributed by atoms with Crippen molar-refractivity contribution in [2.45, 2.75) is 38.6 Å². The van der Waals surface area contributed by atoms with Crippen LogP contribution in [0, 0.1) is 18.3 Å². The number of aromatic amines is 1. The van der Waals surface area contributed by atoms with E-state index in [4.69, 9.17) is 0 Å². The molecule has 1 aromatic heterocycles. The van der Waals surface area contributed by atoms with Crippen LogP contribution < -0.4 is 0 Å². The standard InChI is InChI=1S/C19H24N4O2/c1-13-20-17(22-21-13)11-23-10-16-9-15(14-5-3-2-4-6-14)7-8-19(16,12-23)18(24)25/h2-6,15-16H,7-12H2,1H3,(H,24,25)(H,20,21,22)/t15-,16-,19-/m1/s1. The minimum atomic E-state index is -0.641. The molecule has 0 radical (unpaired) electrons. The van der Waals surface area contributed by atoms with Crippen LogP contribution in [0.5, 0.6) is 0 Å². The number of fused-ring (bicyclic) bond motifs is 1. The summed E-state index contributed by atoms with van der Waals surface area (Å²) in [6, 6.07) is 10.5. The van der Waals surface area contributed by atoms with Gasteiger partial charge >= 0.3 is 5.97 Å². The van der Waals surface area contributed by atoms with Gasteiger partial charge in [0.2, 0.25) is 0 Å². The minimum Gasteiger partial charge on any atom is -0.481 e. The number of nitrogens with one attached hydrogen (secondary N) is 1. The SMILES string of the molecule is Cc1nc(CN2C[C@H]3C[C@H](c4ccccc4)CC[C@@]3(C(=O)O)C2)n[nH]1. The number of aryl methyl sites for hydroxylation is 1. The maximum Gasteiger partial charge on any atom is 0.311 e. The van der Waals surface area contributed by atoms with Gasteiger partial charge in [-0.2, -0.15) is 5.10 Å². The Balaban J connectivity index is 1.52. The Bertz CT molecular complexity index is 760. The van der Waals surface area contributed by atoms with Crippen molar-refractivity contribution in [1.82, 2.24) is 20.1 Å². The highest BCUT2D eigenvalue weighted by molar-refractivity contribution is 5.76. The average molecular weight is 340 g/mol. The third-order valence-corrected chi connectivity index (χ3v) is 5.98. The van der Waals surface area contributed by atoms with E-state index in [1.165, 1.54) is 5.56 Å². The Morgan fingerprint density at radius 2 is 2.20 bits per heavy atom. The van der Waals surface area contributed by atoms with Crippen molar-refractivity contribution in [2.24, 2.45) is 11.3 Å². The quantitative estimate of drug-likeness (QED) is 0.894. The fraction of sp³-hybridized carbons (Fsp3) is 0.526. The Kier molecular flexibility index (Phi) is 4.07. The van der Waals surface area contributed by atoms with Gasteiger partial charge in [-0.25, -0.2) is 4.98 Å². The Morgan fingerprint density at radius 3 is 2.88 bits per heavy atom. The fourth-order valence-electron chi connectivity index (χ4n) is 4.71. The number of carbonyl (C=O) groups is 1. The normalized spacial score (nSPS) is 29.5. The van der Waals surface area contributed by atoms with Crippen molar-refractivity contribution in [3.63, 3.8) is 0 Å². The van der Waals surface area contributed by atoms with Crippen LogP contribution >= 0.6 is 0 Å². The Morgan fingerprint density at radius 1 is 1.40 bits per heavy atom. The summed E-state index contributed by atoms with van der Waals surface area (Å²) >= 11 is 0. The van der Waals surface area contributed by atoms with E-state index in [0.717, 1.165) is 37.5 Å². The van der Waals surface area contributed by atoms with Gasteiger partial charge in [0.25, 0.3) is 0 Å². The molecule has 0 bridgehead atoms. The first-order valence-corrected chi connectivity index (χ1v) is 8.95. The van der Waals surface area contributed by atoms with Crippen molar-refractivity contribution in [2.75, 3.05) is 13.1 Å². The first kappa shape index (κ1) is 16.3. The molecule has 6 nitrogen and oxygen atoms in total. The maximum absolute atomic E-state index is 12.1. The number of nitrogens with zero attached hydrogens (tertiary/aromatic N) is 3. The number of likely N-dealkylation sites (tertiary alicyclic amines) is 1. The molecule has 1 aromatic carbocycles. The average Bonchev–Trinajstić information content (AvgIpc) is 3.18. The molecule has 25 heavy (non-hydrogen) atoms. The van der Waals surface area contributed by atoms with Crippen molar-refractivity contribution >= 4 is 5.97 Å². The molecule has 0 amide bonds. The number of carboxylic acids is 1. The lowest BCUT2D eigenvalue weighted by Crippen LogP contribution is -2.42. The highest BCUT2D eigenvalue weighted by atomic mass is 16.4. The van der Waals surface area contributed by atoms with Crippen LogP contribution in [0.15, 0.2) is 30.3 Å². The summed E-state index contributed by atoms with van der Waals surface area (Å²) in [5, 5.41) is 17.0. The van der Waals surface area contributed by atoms with Crippen LogP contribution in [0.25, 0.3) is 0 Å². The molecule has 132 valence electrons. The highest BCUT2D eigenvalue weighted by Gasteiger charge is 2.54. The lowest BCUT2D eigenvalue weighted by Gasteiger charge is -2.38. The summed E-state index contributed by atoms with van der Waals surface area (Å²) in [6.07, 6.45) is 2.64. The molecule has 2 N–H and O–H groups in total. The van der Waals surface area contributed by atoms with E-state index in [-0.39, 0.29) is 5.92 Å². The first-order chi connectivity index (χ1) is 12.1. The number of carboxylic acid groups (broad SMARTS) is 1. The van der Waals surface area contributed by atoms with Gasteiger partial charge in [0.1, 0.15) is 5.82 Å². The maximum atomic E-state index is 12.1. The van der Waals surface area contributed by atoms with Gasteiger partial charge in [-0.15, -0.1) is 0 Å². The van der Waals surface area contributed by atoms with Crippen LogP contribution in [-0.2, 0) is 11.3 Å². The van der Waals surface area contributed by atoms with Crippen molar-refractivity contribution in [3.05, 3.63) is 47.5 Å². The van der Waals surface area contributed by atoms with Crippen LogP contribution in [0.1, 0.15) is 42.4 Å². The van der Waals surface area contributed by atoms with Gasteiger partial charge in [0, 0.05) is 13.1 Å². The highest BCUT2D eigenvalue weighted by Crippen LogP contribution is 2.51. The van der Waals surface area contributed by atoms with Crippen LogP contribution in [0.2, 0.25) is 0 Å². The van der Waals surface area contributed by atoms with E-state index < -0.39 is 11.4 Å². The molecule has 0 unspecified atom stereocenters. The summed E-state index contributed by atoms with van der Waals surface area (Å²) in [5.74, 6) is 1.55. The molecule has 3 atom stereocenters. The predicted molar refractivity (Wildman–Crippen MR) is 93.0 cm³/mol. The van der Waals surface area contributed by atoms with E-state index >= 15 is 0 Å². The number of hydrogen-bond donors (Lipinski definition) is 2. The van der Waals surface area contributed by atoms with Gasteiger partial charge in [-0.1, -0.05) is 30.3 Å². The molecule has 1 aliphatic heterocycles. The fourth-order valence-corrected chi connectivity index (χ4v) is 4.71. The second kappa shape index (κ2) is 6.26. The molecule has 1 saturated heterocycles. The number of rotatable bonds is 4. The summed E-state index contributed by atoms with van der Waals surface area (Å²) in [5.41, 5.74) is 0.723. The van der Waals surface area contributed by atoms with Gasteiger partial charge in [0.15, 0.2) is 5.82 Å². The van der Waals surface area contributed by atoms with Crippen molar-refractivity contribution in [3.8, 4) is 0 Å². The van der Waals surface area contributed by atoms with Gasteiger partial charge in [-0.3, -0.25) is 14.8 Å². The van der Waals surface area contributed by atoms with E-state index in [2.05, 4.69) is 44.3 Å². The molecule has 2 fully saturated rings. The summed E-state index contributed by atoms with van der Waals surface area (Å²) < 4.78 is 0. The monoisotopic (exact) mass is 340 g/mol. The third kappa shape index (κ3) is 2.95. The summed E-state index contributed by atoms with van der Waals surface area (Å²) in [4.78, 5) is 18.7. The topological polar surface area (TPSA) is 82.1 Å². The third-order valence-electron chi connectivity index (χ3n) is 5.98. The van der Waals surface area contributed by atoms with Gasteiger partial charge in [-0.05, 0) is 43.6 Å². The Hall–Kier alpha value is -2.21. The van der Waals surface area contributed by atoms with Crippen LogP contribution in [0.4, 0.5) is 0 Å². The molecular formula is C19H24N4O2. The van der Waals surface area contributed by atoms with E-state index in [0.29, 0.717) is 19.0 Å². The van der Waals surface area contributed by atoms with Gasteiger partial charge < -0.3 is 5.11 Å². The van der Waals surface area contributed by atoms with E-state index in [9.17, 15) is 9.90 Å². The summed E-state index contributed by atoms with van der Waals surface area (Å²) in [7, 11) is 0. The van der Waals surface area contributed by atoms with E-state index in [1.54, 1.807) is 0 Å². The lowest BCUT2D eigenvalue weighted by atomic mass is 9.64. The molecule has 2 aromatic rings. The molecule has 2 heterocycles. The largest absolute Gasteiger partial charge is 0.481 e. The van der Waals surface area contributed by atoms with Crippen LogP contribution in [0.3, 0.4) is 0 Å². The smallest absolute Gasteiger partial charge is 0.311 e. The van der Waals surface area contributed by atoms with Crippen LogP contribution in [-0.4, -0.2) is 44.2 Å². The Labute approximate surface area is 147 Å². The molecule has 1 aliphatic carbocycles. The number of H-pyrrole nitrogens is 1. The molecule has 6 heteroatoms. The zero-order valence-corrected chi connectivity index (χ0v) is 14.5. The van der Waals surface area contributed by atoms with E-state index in [1.807, 2.05) is 13.0 Å². The van der Waals surface area contributed by atoms with Crippen molar-refractivity contribution in [1.29, 1.82) is 0 Å². The van der Waals surface area contributed by atoms with Crippen molar-refractivity contribution < 1.29 is 9.90 Å². The molecular weight excluding hydrogens is 316 g/mol.